The van der Waals surface area contributed by atoms with Crippen LogP contribution in [0.3, 0.4) is 0 Å². The highest BCUT2D eigenvalue weighted by atomic mass is 19.4. The molecule has 25 heavy (non-hydrogen) atoms. The van der Waals surface area contributed by atoms with Crippen LogP contribution in [0.2, 0.25) is 0 Å². The van der Waals surface area contributed by atoms with E-state index >= 15 is 0 Å². The topological polar surface area (TPSA) is 58.1 Å². The van der Waals surface area contributed by atoms with Crippen LogP contribution in [0, 0.1) is 0 Å². The van der Waals surface area contributed by atoms with Gasteiger partial charge in [0, 0.05) is 31.4 Å². The first-order chi connectivity index (χ1) is 11.9. The largest absolute Gasteiger partial charge is 0.433 e. The molecule has 0 spiro atoms. The first-order valence-corrected chi connectivity index (χ1v) is 7.96. The van der Waals surface area contributed by atoms with Crippen molar-refractivity contribution >= 4 is 11.9 Å². The number of carbonyl (C=O) groups excluding carboxylic acids is 1. The number of nitrogens with zero attached hydrogens (tertiary/aromatic N) is 3. The quantitative estimate of drug-likeness (QED) is 0.919. The number of hydrogen-bond donors (Lipinski definition) is 1. The van der Waals surface area contributed by atoms with Crippen LogP contribution < -0.4 is 5.32 Å². The van der Waals surface area contributed by atoms with Crippen LogP contribution in [0.5, 0.6) is 0 Å². The van der Waals surface area contributed by atoms with Gasteiger partial charge in [0.05, 0.1) is 0 Å². The number of rotatable bonds is 4. The average molecular weight is 350 g/mol. The molecule has 2 aromatic rings. The number of aromatic nitrogens is 2. The Balaban J connectivity index is 1.61. The minimum atomic E-state index is -4.50. The number of halogens is 3. The Hall–Kier alpha value is -2.64. The van der Waals surface area contributed by atoms with Crippen molar-refractivity contribution in [3.63, 3.8) is 0 Å². The molecule has 3 rings (SSSR count). The van der Waals surface area contributed by atoms with Crippen molar-refractivity contribution in [3.8, 4) is 0 Å². The third-order valence-corrected chi connectivity index (χ3v) is 3.99. The van der Waals surface area contributed by atoms with E-state index in [0.29, 0.717) is 5.56 Å². The summed E-state index contributed by atoms with van der Waals surface area (Å²) in [5, 5.41) is 2.76. The fourth-order valence-corrected chi connectivity index (χ4v) is 2.65. The highest BCUT2D eigenvalue weighted by Crippen LogP contribution is 2.27. The maximum atomic E-state index is 12.6. The van der Waals surface area contributed by atoms with E-state index in [1.54, 1.807) is 24.3 Å². The molecule has 0 unspecified atom stereocenters. The lowest BCUT2D eigenvalue weighted by Crippen LogP contribution is -2.27. The number of likely N-dealkylation sites (tertiary alicyclic amines) is 1. The van der Waals surface area contributed by atoms with Crippen molar-refractivity contribution in [2.24, 2.45) is 0 Å². The summed E-state index contributed by atoms with van der Waals surface area (Å²) in [5.74, 6) is -0.0785. The van der Waals surface area contributed by atoms with Gasteiger partial charge in [0.2, 0.25) is 5.95 Å². The van der Waals surface area contributed by atoms with Crippen LogP contribution in [-0.2, 0) is 12.7 Å². The summed E-state index contributed by atoms with van der Waals surface area (Å²) in [5.41, 5.74) is 0.441. The molecule has 0 bridgehead atoms. The number of benzene rings is 1. The maximum absolute atomic E-state index is 12.6. The molecule has 0 aliphatic carbocycles. The van der Waals surface area contributed by atoms with Gasteiger partial charge in [-0.25, -0.2) is 9.97 Å². The highest BCUT2D eigenvalue weighted by Gasteiger charge is 2.32. The van der Waals surface area contributed by atoms with Crippen molar-refractivity contribution in [3.05, 3.63) is 53.3 Å². The Morgan fingerprint density at radius 2 is 1.80 bits per heavy atom. The minimum absolute atomic E-state index is 0.0122. The molecule has 0 saturated carbocycles. The summed E-state index contributed by atoms with van der Waals surface area (Å²) in [6.45, 7) is 1.84. The van der Waals surface area contributed by atoms with E-state index in [1.807, 2.05) is 4.90 Å². The summed E-state index contributed by atoms with van der Waals surface area (Å²) in [4.78, 5) is 21.3. The molecule has 132 valence electrons. The van der Waals surface area contributed by atoms with Crippen LogP contribution in [0.1, 0.15) is 34.5 Å². The van der Waals surface area contributed by atoms with E-state index in [1.165, 1.54) is 0 Å². The van der Waals surface area contributed by atoms with Crippen LogP contribution in [-0.4, -0.2) is 33.9 Å². The van der Waals surface area contributed by atoms with Crippen LogP contribution in [0.25, 0.3) is 0 Å². The summed E-state index contributed by atoms with van der Waals surface area (Å²) < 4.78 is 37.9. The summed E-state index contributed by atoms with van der Waals surface area (Å²) in [6, 6.07) is 7.81. The van der Waals surface area contributed by atoms with Gasteiger partial charge in [0.25, 0.3) is 5.91 Å². The van der Waals surface area contributed by atoms with Crippen molar-refractivity contribution in [2.45, 2.75) is 25.6 Å². The zero-order valence-corrected chi connectivity index (χ0v) is 13.4. The van der Waals surface area contributed by atoms with E-state index in [-0.39, 0.29) is 18.4 Å². The maximum Gasteiger partial charge on any atom is 0.433 e. The van der Waals surface area contributed by atoms with Gasteiger partial charge in [-0.1, -0.05) is 12.1 Å². The second-order valence-electron chi connectivity index (χ2n) is 5.81. The standard InChI is InChI=1S/C17H17F3N4O/c18-17(19,20)14-7-8-21-16(23-14)22-11-12-3-5-13(6-4-12)15(25)24-9-1-2-10-24/h3-8H,1-2,9-11H2,(H,21,22,23). The van der Waals surface area contributed by atoms with Gasteiger partial charge in [-0.05, 0) is 36.6 Å². The molecule has 1 aromatic heterocycles. The number of nitrogens with one attached hydrogen (secondary N) is 1. The summed E-state index contributed by atoms with van der Waals surface area (Å²) >= 11 is 0. The van der Waals surface area contributed by atoms with Gasteiger partial charge in [-0.15, -0.1) is 0 Å². The average Bonchev–Trinajstić information content (AvgIpc) is 3.14. The number of hydrogen-bond acceptors (Lipinski definition) is 4. The van der Waals surface area contributed by atoms with Crippen LogP contribution in [0.4, 0.5) is 19.1 Å². The van der Waals surface area contributed by atoms with Crippen LogP contribution in [0.15, 0.2) is 36.5 Å². The van der Waals surface area contributed by atoms with Crippen molar-refractivity contribution in [1.29, 1.82) is 0 Å². The predicted octanol–water partition coefficient (Wildman–Crippen LogP) is 3.34. The Labute approximate surface area is 142 Å². The normalized spacial score (nSPS) is 14.6. The van der Waals surface area contributed by atoms with Gasteiger partial charge in [0.1, 0.15) is 5.69 Å². The fraction of sp³-hybridized carbons (Fsp3) is 0.353. The van der Waals surface area contributed by atoms with E-state index < -0.39 is 11.9 Å². The first kappa shape index (κ1) is 17.2. The number of amides is 1. The molecule has 0 radical (unpaired) electrons. The highest BCUT2D eigenvalue weighted by molar-refractivity contribution is 5.94. The van der Waals surface area contributed by atoms with Crippen LogP contribution >= 0.6 is 0 Å². The lowest BCUT2D eigenvalue weighted by molar-refractivity contribution is -0.141. The molecule has 1 aromatic carbocycles. The predicted molar refractivity (Wildman–Crippen MR) is 85.9 cm³/mol. The van der Waals surface area contributed by atoms with E-state index in [0.717, 1.165) is 43.8 Å². The summed E-state index contributed by atoms with van der Waals surface area (Å²) in [6.07, 6.45) is -1.37. The van der Waals surface area contributed by atoms with E-state index in [2.05, 4.69) is 15.3 Å². The molecule has 1 N–H and O–H groups in total. The molecule has 1 amide bonds. The molecule has 0 atom stereocenters. The molecule has 5 nitrogen and oxygen atoms in total. The minimum Gasteiger partial charge on any atom is -0.350 e. The van der Waals surface area contributed by atoms with Crippen molar-refractivity contribution in [1.82, 2.24) is 14.9 Å². The Morgan fingerprint density at radius 3 is 2.44 bits per heavy atom. The number of anilines is 1. The Bertz CT molecular complexity index is 740. The van der Waals surface area contributed by atoms with E-state index in [4.69, 9.17) is 0 Å². The molecular formula is C17H17F3N4O. The van der Waals surface area contributed by atoms with Gasteiger partial charge in [0.15, 0.2) is 0 Å². The second-order valence-corrected chi connectivity index (χ2v) is 5.81. The molecule has 1 fully saturated rings. The first-order valence-electron chi connectivity index (χ1n) is 7.96. The monoisotopic (exact) mass is 350 g/mol. The molecule has 1 aliphatic heterocycles. The zero-order chi connectivity index (χ0) is 17.9. The lowest BCUT2D eigenvalue weighted by atomic mass is 10.1. The third-order valence-electron chi connectivity index (χ3n) is 3.99. The molecule has 8 heteroatoms. The SMILES string of the molecule is O=C(c1ccc(CNc2nccc(C(F)(F)F)n2)cc1)N1CCCC1. The van der Waals surface area contributed by atoms with Crippen molar-refractivity contribution in [2.75, 3.05) is 18.4 Å². The molecule has 2 heterocycles. The van der Waals surface area contributed by atoms with Gasteiger partial charge in [-0.3, -0.25) is 4.79 Å². The third kappa shape index (κ3) is 4.26. The fourth-order valence-electron chi connectivity index (χ4n) is 2.65. The smallest absolute Gasteiger partial charge is 0.350 e. The number of carbonyl (C=O) groups is 1. The van der Waals surface area contributed by atoms with Gasteiger partial charge >= 0.3 is 6.18 Å². The van der Waals surface area contributed by atoms with Crippen molar-refractivity contribution < 1.29 is 18.0 Å². The van der Waals surface area contributed by atoms with Gasteiger partial charge < -0.3 is 10.2 Å². The Kier molecular flexibility index (Phi) is 4.87. The molecule has 1 aliphatic rings. The van der Waals surface area contributed by atoms with Gasteiger partial charge in [-0.2, -0.15) is 13.2 Å². The second kappa shape index (κ2) is 7.08. The zero-order valence-electron chi connectivity index (χ0n) is 13.4. The Morgan fingerprint density at radius 1 is 1.12 bits per heavy atom. The molecular weight excluding hydrogens is 333 g/mol. The lowest BCUT2D eigenvalue weighted by Gasteiger charge is -2.15. The molecule has 1 saturated heterocycles. The number of alkyl halides is 3. The van der Waals surface area contributed by atoms with E-state index in [9.17, 15) is 18.0 Å². The summed E-state index contributed by atoms with van der Waals surface area (Å²) in [7, 11) is 0.